The van der Waals surface area contributed by atoms with Crippen molar-refractivity contribution in [1.82, 2.24) is 10.1 Å². The van der Waals surface area contributed by atoms with Crippen LogP contribution in [0.25, 0.3) is 11.3 Å². The zero-order chi connectivity index (χ0) is 19.5. The highest BCUT2D eigenvalue weighted by atomic mass is 35.5. The van der Waals surface area contributed by atoms with E-state index in [1.54, 1.807) is 12.0 Å². The normalized spacial score (nSPS) is 19.2. The number of nitrogens with two attached hydrogens (primary N) is 1. The van der Waals surface area contributed by atoms with Crippen molar-refractivity contribution in [2.75, 3.05) is 51.3 Å². The van der Waals surface area contributed by atoms with Crippen molar-refractivity contribution in [3.05, 3.63) is 29.8 Å². The lowest BCUT2D eigenvalue weighted by atomic mass is 10.1. The third-order valence-corrected chi connectivity index (χ3v) is 5.33. The van der Waals surface area contributed by atoms with Crippen molar-refractivity contribution in [3.8, 4) is 17.1 Å². The highest BCUT2D eigenvalue weighted by Gasteiger charge is 2.33. The fraction of sp³-hybridized carbons (Fsp3) is 0.500. The number of morpholine rings is 1. The Balaban J connectivity index is 0.00000240. The Bertz CT molecular complexity index is 820. The SMILES string of the molecule is COc1ccc(-c2onc(N3CCCC3)c2C(=O)N2CCOC(CN)C2)cc1.Cl. The molecule has 2 aliphatic rings. The average molecular weight is 423 g/mol. The molecule has 0 bridgehead atoms. The van der Waals surface area contributed by atoms with Crippen molar-refractivity contribution in [1.29, 1.82) is 0 Å². The topological polar surface area (TPSA) is 94.1 Å². The summed E-state index contributed by atoms with van der Waals surface area (Å²) in [6.45, 7) is 3.63. The monoisotopic (exact) mass is 422 g/mol. The van der Waals surface area contributed by atoms with Crippen LogP contribution in [0, 0.1) is 0 Å². The van der Waals surface area contributed by atoms with E-state index in [0.717, 1.165) is 37.2 Å². The molecule has 3 heterocycles. The highest BCUT2D eigenvalue weighted by molar-refractivity contribution is 6.04. The molecule has 1 aromatic carbocycles. The Morgan fingerprint density at radius 1 is 1.24 bits per heavy atom. The number of hydrogen-bond acceptors (Lipinski definition) is 7. The number of carbonyl (C=O) groups excluding carboxylic acids is 1. The standard InChI is InChI=1S/C20H26N4O4.ClH/c1-26-15-6-4-14(5-7-15)18-17(19(22-28-18)23-8-2-3-9-23)20(25)24-10-11-27-16(12-21)13-24;/h4-7,16H,2-3,8-13,21H2,1H3;1H. The van der Waals surface area contributed by atoms with Crippen LogP contribution in [0.1, 0.15) is 23.2 Å². The minimum absolute atomic E-state index is 0. The first-order chi connectivity index (χ1) is 13.7. The first kappa shape index (κ1) is 21.4. The van der Waals surface area contributed by atoms with Crippen LogP contribution in [-0.2, 0) is 4.74 Å². The smallest absolute Gasteiger partial charge is 0.261 e. The molecule has 0 aliphatic carbocycles. The molecule has 2 fully saturated rings. The van der Waals surface area contributed by atoms with Crippen LogP contribution >= 0.6 is 12.4 Å². The Morgan fingerprint density at radius 3 is 2.62 bits per heavy atom. The van der Waals surface area contributed by atoms with Crippen LogP contribution in [0.2, 0.25) is 0 Å². The molecule has 2 aliphatic heterocycles. The molecule has 0 spiro atoms. The number of halogens is 1. The molecule has 0 radical (unpaired) electrons. The third kappa shape index (κ3) is 4.34. The van der Waals surface area contributed by atoms with E-state index in [4.69, 9.17) is 19.7 Å². The number of rotatable bonds is 5. The molecule has 2 saturated heterocycles. The number of hydrogen-bond donors (Lipinski definition) is 1. The van der Waals surface area contributed by atoms with Crippen molar-refractivity contribution in [2.24, 2.45) is 5.73 Å². The number of anilines is 1. The number of benzene rings is 1. The summed E-state index contributed by atoms with van der Waals surface area (Å²) in [7, 11) is 1.62. The Morgan fingerprint density at radius 2 is 1.97 bits per heavy atom. The molecule has 1 amide bonds. The van der Waals surface area contributed by atoms with Gasteiger partial charge in [0.1, 0.15) is 11.3 Å². The van der Waals surface area contributed by atoms with E-state index in [1.807, 2.05) is 24.3 Å². The zero-order valence-corrected chi connectivity index (χ0v) is 17.3. The van der Waals surface area contributed by atoms with Gasteiger partial charge in [0.15, 0.2) is 11.6 Å². The van der Waals surface area contributed by atoms with E-state index in [9.17, 15) is 4.79 Å². The summed E-state index contributed by atoms with van der Waals surface area (Å²) in [5, 5.41) is 4.29. The van der Waals surface area contributed by atoms with Gasteiger partial charge in [-0.25, -0.2) is 0 Å². The van der Waals surface area contributed by atoms with Gasteiger partial charge in [0.25, 0.3) is 5.91 Å². The summed E-state index contributed by atoms with van der Waals surface area (Å²) in [5.74, 6) is 1.78. The van der Waals surface area contributed by atoms with E-state index >= 15 is 0 Å². The van der Waals surface area contributed by atoms with Gasteiger partial charge in [0, 0.05) is 38.3 Å². The van der Waals surface area contributed by atoms with Crippen molar-refractivity contribution in [2.45, 2.75) is 18.9 Å². The van der Waals surface area contributed by atoms with Gasteiger partial charge in [0.05, 0.1) is 19.8 Å². The zero-order valence-electron chi connectivity index (χ0n) is 16.5. The van der Waals surface area contributed by atoms with Gasteiger partial charge in [-0.05, 0) is 37.1 Å². The number of carbonyl (C=O) groups is 1. The second-order valence-electron chi connectivity index (χ2n) is 7.11. The molecule has 2 N–H and O–H groups in total. The number of methoxy groups -OCH3 is 1. The van der Waals surface area contributed by atoms with Crippen LogP contribution in [-0.4, -0.2) is 68.5 Å². The summed E-state index contributed by atoms with van der Waals surface area (Å²) >= 11 is 0. The summed E-state index contributed by atoms with van der Waals surface area (Å²) < 4.78 is 16.5. The van der Waals surface area contributed by atoms with Gasteiger partial charge in [-0.15, -0.1) is 12.4 Å². The minimum Gasteiger partial charge on any atom is -0.497 e. The molecule has 4 rings (SSSR count). The molecular formula is C20H27ClN4O4. The lowest BCUT2D eigenvalue weighted by molar-refractivity contribution is -0.0167. The summed E-state index contributed by atoms with van der Waals surface area (Å²) in [5.41, 5.74) is 7.06. The molecular weight excluding hydrogens is 396 g/mol. The van der Waals surface area contributed by atoms with E-state index in [2.05, 4.69) is 10.1 Å². The van der Waals surface area contributed by atoms with Gasteiger partial charge >= 0.3 is 0 Å². The largest absolute Gasteiger partial charge is 0.497 e. The molecule has 9 heteroatoms. The Hall–Kier alpha value is -2.29. The summed E-state index contributed by atoms with van der Waals surface area (Å²) in [6, 6.07) is 7.46. The number of ether oxygens (including phenoxy) is 2. The predicted molar refractivity (Wildman–Crippen MR) is 112 cm³/mol. The van der Waals surface area contributed by atoms with Crippen molar-refractivity contribution < 1.29 is 18.8 Å². The highest BCUT2D eigenvalue weighted by Crippen LogP contribution is 2.35. The van der Waals surface area contributed by atoms with Crippen LogP contribution in [0.15, 0.2) is 28.8 Å². The van der Waals surface area contributed by atoms with E-state index in [1.165, 1.54) is 0 Å². The quantitative estimate of drug-likeness (QED) is 0.789. The van der Waals surface area contributed by atoms with Gasteiger partial charge < -0.3 is 29.5 Å². The second kappa shape index (κ2) is 9.47. The second-order valence-corrected chi connectivity index (χ2v) is 7.11. The fourth-order valence-corrected chi connectivity index (χ4v) is 3.76. The van der Waals surface area contributed by atoms with Crippen LogP contribution < -0.4 is 15.4 Å². The first-order valence-corrected chi connectivity index (χ1v) is 9.71. The molecule has 29 heavy (non-hydrogen) atoms. The maximum absolute atomic E-state index is 13.5. The number of aromatic nitrogens is 1. The Labute approximate surface area is 176 Å². The van der Waals surface area contributed by atoms with E-state index < -0.39 is 0 Å². The maximum Gasteiger partial charge on any atom is 0.261 e. The maximum atomic E-state index is 13.5. The average Bonchev–Trinajstić information content (AvgIpc) is 3.43. The third-order valence-electron chi connectivity index (χ3n) is 5.33. The summed E-state index contributed by atoms with van der Waals surface area (Å²) in [6.07, 6.45) is 2.04. The summed E-state index contributed by atoms with van der Waals surface area (Å²) in [4.78, 5) is 17.4. The van der Waals surface area contributed by atoms with Gasteiger partial charge in [-0.3, -0.25) is 4.79 Å². The lowest BCUT2D eigenvalue weighted by Crippen LogP contribution is -2.48. The van der Waals surface area contributed by atoms with Crippen molar-refractivity contribution in [3.63, 3.8) is 0 Å². The van der Waals surface area contributed by atoms with Crippen LogP contribution in [0.5, 0.6) is 5.75 Å². The minimum atomic E-state index is -0.141. The Kier molecular flexibility index (Phi) is 7.00. The van der Waals surface area contributed by atoms with Crippen molar-refractivity contribution >= 4 is 24.1 Å². The van der Waals surface area contributed by atoms with E-state index in [-0.39, 0.29) is 24.4 Å². The number of nitrogens with zero attached hydrogens (tertiary/aromatic N) is 3. The lowest BCUT2D eigenvalue weighted by Gasteiger charge is -2.32. The predicted octanol–water partition coefficient (Wildman–Crippen LogP) is 2.17. The molecule has 2 aromatic rings. The molecule has 8 nitrogen and oxygen atoms in total. The molecule has 1 atom stereocenters. The molecule has 1 aromatic heterocycles. The van der Waals surface area contributed by atoms with Gasteiger partial charge in [-0.1, -0.05) is 5.16 Å². The first-order valence-electron chi connectivity index (χ1n) is 9.71. The van der Waals surface area contributed by atoms with Crippen LogP contribution in [0.3, 0.4) is 0 Å². The van der Waals surface area contributed by atoms with Gasteiger partial charge in [0.2, 0.25) is 0 Å². The molecule has 158 valence electrons. The van der Waals surface area contributed by atoms with E-state index in [0.29, 0.717) is 43.4 Å². The number of amides is 1. The fourth-order valence-electron chi connectivity index (χ4n) is 3.76. The van der Waals surface area contributed by atoms with Crippen LogP contribution in [0.4, 0.5) is 5.82 Å². The molecule has 0 saturated carbocycles. The van der Waals surface area contributed by atoms with Gasteiger partial charge in [-0.2, -0.15) is 0 Å². The molecule has 1 unspecified atom stereocenters.